The summed E-state index contributed by atoms with van der Waals surface area (Å²) in [6.07, 6.45) is 5.10. The van der Waals surface area contributed by atoms with Crippen molar-refractivity contribution in [1.29, 1.82) is 0 Å². The number of hydrogen-bond acceptors (Lipinski definition) is 2. The summed E-state index contributed by atoms with van der Waals surface area (Å²) in [5.74, 6) is 0.788. The van der Waals surface area contributed by atoms with Crippen LogP contribution < -0.4 is 0 Å². The van der Waals surface area contributed by atoms with Crippen molar-refractivity contribution in [1.82, 2.24) is 4.90 Å². The van der Waals surface area contributed by atoms with Crippen LogP contribution >= 0.6 is 22.6 Å². The van der Waals surface area contributed by atoms with Crippen molar-refractivity contribution < 1.29 is 21.8 Å². The van der Waals surface area contributed by atoms with E-state index in [0.29, 0.717) is 6.04 Å². The Morgan fingerprint density at radius 3 is 2.45 bits per heavy atom. The summed E-state index contributed by atoms with van der Waals surface area (Å²) in [5, 5.41) is 0. The van der Waals surface area contributed by atoms with Gasteiger partial charge in [0.2, 0.25) is 0 Å². The van der Waals surface area contributed by atoms with E-state index in [9.17, 15) is 0 Å². The van der Waals surface area contributed by atoms with Gasteiger partial charge in [0.1, 0.15) is 0 Å². The Bertz CT molecular complexity index is 403. The molecule has 126 valence electrons. The van der Waals surface area contributed by atoms with Gasteiger partial charge in [0.25, 0.3) is 0 Å². The zero-order chi connectivity index (χ0) is 14.5. The van der Waals surface area contributed by atoms with Crippen LogP contribution in [0.2, 0.25) is 0 Å². The first-order chi connectivity index (χ1) is 9.63. The molecule has 2 nitrogen and oxygen atoms in total. The third-order valence-corrected chi connectivity index (χ3v) is 5.94. The maximum Gasteiger partial charge on any atom is 2.00 e. The first kappa shape index (κ1) is 22.4. The first-order valence-electron chi connectivity index (χ1n) is 7.37. The number of alkyl halides is 1. The zero-order valence-corrected chi connectivity index (χ0v) is 17.2. The molecule has 0 heterocycles. The number of halogens is 1. The maximum atomic E-state index is 5.76. The molecule has 0 bridgehead atoms. The van der Waals surface area contributed by atoms with E-state index in [-0.39, 0.29) is 30.6 Å². The minimum atomic E-state index is 0. The molecule has 4 atom stereocenters. The molecular formula is C18H28FeINO. The molecule has 1 fully saturated rings. The molecule has 0 N–H and O–H groups in total. The van der Waals surface area contributed by atoms with E-state index in [1.165, 1.54) is 18.4 Å². The van der Waals surface area contributed by atoms with Gasteiger partial charge in [-0.25, -0.2) is 0 Å². The molecule has 22 heavy (non-hydrogen) atoms. The van der Waals surface area contributed by atoms with Crippen LogP contribution in [0.15, 0.2) is 30.3 Å². The average Bonchev–Trinajstić information content (AvgIpc) is 2.86. The van der Waals surface area contributed by atoms with Crippen LogP contribution in [0.4, 0.5) is 0 Å². The van der Waals surface area contributed by atoms with Gasteiger partial charge < -0.3 is 23.5 Å². The van der Waals surface area contributed by atoms with E-state index < -0.39 is 0 Å². The van der Waals surface area contributed by atoms with Gasteiger partial charge in [0.15, 0.2) is 0 Å². The summed E-state index contributed by atoms with van der Waals surface area (Å²) in [6.45, 7) is 3.42. The van der Waals surface area contributed by atoms with Crippen molar-refractivity contribution in [2.75, 3.05) is 20.7 Å². The molecule has 0 aromatic heterocycles. The zero-order valence-electron chi connectivity index (χ0n) is 14.0. The molecular weight excluding hydrogens is 429 g/mol. The molecule has 1 aliphatic rings. The summed E-state index contributed by atoms with van der Waals surface area (Å²) in [4.78, 5) is 2.46. The molecule has 4 heteroatoms. The second-order valence-corrected chi connectivity index (χ2v) is 7.38. The van der Waals surface area contributed by atoms with Crippen molar-refractivity contribution in [3.8, 4) is 0 Å². The Hall–Kier alpha value is 0.389. The van der Waals surface area contributed by atoms with Crippen molar-refractivity contribution >= 4 is 22.6 Å². The van der Waals surface area contributed by atoms with Crippen LogP contribution in [-0.2, 0) is 21.8 Å². The predicted molar refractivity (Wildman–Crippen MR) is 99.5 cm³/mol. The number of nitrogens with zero attached hydrogens (tertiary/aromatic N) is 1. The van der Waals surface area contributed by atoms with E-state index >= 15 is 0 Å². The summed E-state index contributed by atoms with van der Waals surface area (Å²) in [7, 11) is 4.04. The number of hydrogen-bond donors (Lipinski definition) is 0. The van der Waals surface area contributed by atoms with Crippen molar-refractivity contribution in [2.24, 2.45) is 5.92 Å². The molecule has 1 saturated carbocycles. The first-order valence-corrected chi connectivity index (χ1v) is 8.61. The Labute approximate surface area is 161 Å². The van der Waals surface area contributed by atoms with Gasteiger partial charge >= 0.3 is 17.1 Å². The third-order valence-electron chi connectivity index (χ3n) is 4.41. The molecule has 1 aromatic carbocycles. The number of rotatable bonds is 6. The van der Waals surface area contributed by atoms with E-state index in [0.717, 1.165) is 16.4 Å². The van der Waals surface area contributed by atoms with Gasteiger partial charge in [-0.2, -0.15) is 12.8 Å². The Morgan fingerprint density at radius 1 is 1.32 bits per heavy atom. The Kier molecular flexibility index (Phi) is 11.2. The smallest absolute Gasteiger partial charge is 0.375 e. The molecule has 0 radical (unpaired) electrons. The van der Waals surface area contributed by atoms with Crippen LogP contribution in [0.3, 0.4) is 0 Å². The topological polar surface area (TPSA) is 12.5 Å². The molecule has 2 rings (SSSR count). The summed E-state index contributed by atoms with van der Waals surface area (Å²) in [6, 6.07) is 10.9. The molecule has 0 aliphatic heterocycles. The summed E-state index contributed by atoms with van der Waals surface area (Å²) >= 11 is 2.60. The molecule has 1 aliphatic carbocycles. The fourth-order valence-corrected chi connectivity index (χ4v) is 3.90. The van der Waals surface area contributed by atoms with Crippen LogP contribution in [-0.4, -0.2) is 35.6 Å². The second-order valence-electron chi connectivity index (χ2n) is 5.78. The third kappa shape index (κ3) is 5.79. The summed E-state index contributed by atoms with van der Waals surface area (Å²) < 4.78 is 6.55. The van der Waals surface area contributed by atoms with Crippen LogP contribution in [0.1, 0.15) is 31.4 Å². The normalized spacial score (nSPS) is 23.5. The van der Waals surface area contributed by atoms with Gasteiger partial charge in [0, 0.05) is 13.2 Å². The van der Waals surface area contributed by atoms with E-state index in [1.807, 2.05) is 7.11 Å². The fourth-order valence-electron chi connectivity index (χ4n) is 3.02. The molecule has 1 aromatic rings. The van der Waals surface area contributed by atoms with Crippen LogP contribution in [0, 0.1) is 19.8 Å². The Morgan fingerprint density at radius 2 is 1.95 bits per heavy atom. The van der Waals surface area contributed by atoms with Gasteiger partial charge in [0.05, 0.1) is 6.10 Å². The number of likely N-dealkylation sites (N-methyl/N-ethyl adjacent to an activating group) is 1. The van der Waals surface area contributed by atoms with E-state index in [4.69, 9.17) is 4.74 Å². The van der Waals surface area contributed by atoms with Crippen molar-refractivity contribution in [2.45, 2.75) is 35.8 Å². The SMILES string of the molecule is CO[C@H](c1ccccc1)[C@H](C)N(C)CC1C[CH-]CC1I.[CH3-].[Fe+2]. The Balaban J connectivity index is 0.00000220. The predicted octanol–water partition coefficient (Wildman–Crippen LogP) is 4.56. The van der Waals surface area contributed by atoms with Gasteiger partial charge in [-0.3, -0.25) is 0 Å². The molecule has 0 saturated heterocycles. The number of benzene rings is 1. The fraction of sp³-hybridized carbons (Fsp3) is 0.556. The molecule has 0 amide bonds. The second kappa shape index (κ2) is 11.0. The molecule has 0 spiro atoms. The van der Waals surface area contributed by atoms with Crippen molar-refractivity contribution in [3.05, 3.63) is 49.7 Å². The standard InChI is InChI=1S/C17H25INO.CH3.Fe/c1-13(17(20-3)14-8-5-4-6-9-14)19(2)12-15-10-7-11-16(15)18;;/h4-9,13,15-17H,10-12H2,1-3H3;1H3;/q2*-1;+2/t13-,15?,16?,17-;;/m0../s1. The quantitative estimate of drug-likeness (QED) is 0.269. The van der Waals surface area contributed by atoms with Gasteiger partial charge in [-0.05, 0) is 35.9 Å². The van der Waals surface area contributed by atoms with Crippen LogP contribution in [0.5, 0.6) is 0 Å². The number of methoxy groups -OCH3 is 1. The summed E-state index contributed by atoms with van der Waals surface area (Å²) in [5.41, 5.74) is 1.26. The minimum absolute atomic E-state index is 0. The average molecular weight is 457 g/mol. The van der Waals surface area contributed by atoms with E-state index in [1.54, 1.807) is 0 Å². The minimum Gasteiger partial charge on any atom is -0.375 e. The van der Waals surface area contributed by atoms with Crippen LogP contribution in [0.25, 0.3) is 0 Å². The van der Waals surface area contributed by atoms with Gasteiger partial charge in [-0.1, -0.05) is 52.9 Å². The largest absolute Gasteiger partial charge is 2.00 e. The number of ether oxygens (including phenoxy) is 1. The van der Waals surface area contributed by atoms with Gasteiger partial charge in [-0.15, -0.1) is 0 Å². The van der Waals surface area contributed by atoms with E-state index in [2.05, 4.69) is 78.2 Å². The molecule has 2 unspecified atom stereocenters. The monoisotopic (exact) mass is 457 g/mol. The maximum absolute atomic E-state index is 5.76. The van der Waals surface area contributed by atoms with Crippen molar-refractivity contribution in [3.63, 3.8) is 0 Å².